The third kappa shape index (κ3) is 2.48. The summed E-state index contributed by atoms with van der Waals surface area (Å²) in [4.78, 5) is 0. The molecule has 3 rings (SSSR count). The lowest BCUT2D eigenvalue weighted by Gasteiger charge is -2.34. The van der Waals surface area contributed by atoms with E-state index in [1.54, 1.807) is 0 Å². The molecule has 21 heavy (non-hydrogen) atoms. The van der Waals surface area contributed by atoms with Gasteiger partial charge < -0.3 is 0 Å². The molecular formula is C18H19N2P. The first-order chi connectivity index (χ1) is 10.3. The van der Waals surface area contributed by atoms with Crippen LogP contribution in [0.1, 0.15) is 17.5 Å². The molecule has 1 fully saturated rings. The Morgan fingerprint density at radius 2 is 1.52 bits per heavy atom. The van der Waals surface area contributed by atoms with E-state index in [0.717, 1.165) is 30.6 Å². The predicted molar refractivity (Wildman–Crippen MR) is 88.7 cm³/mol. The molecule has 106 valence electrons. The lowest BCUT2D eigenvalue weighted by molar-refractivity contribution is 0.406. The van der Waals surface area contributed by atoms with Crippen molar-refractivity contribution in [1.29, 1.82) is 5.26 Å². The zero-order chi connectivity index (χ0) is 14.7. The fourth-order valence-corrected chi connectivity index (χ4v) is 3.80. The summed E-state index contributed by atoms with van der Waals surface area (Å²) < 4.78 is 2.24. The Morgan fingerprint density at radius 3 is 1.90 bits per heavy atom. The van der Waals surface area contributed by atoms with E-state index in [-0.39, 0.29) is 0 Å². The summed E-state index contributed by atoms with van der Waals surface area (Å²) in [5.41, 5.74) is 1.64. The van der Waals surface area contributed by atoms with E-state index in [4.69, 9.17) is 0 Å². The van der Waals surface area contributed by atoms with Crippen molar-refractivity contribution in [2.75, 3.05) is 13.1 Å². The Kier molecular flexibility index (Phi) is 4.06. The number of hydrogen-bond acceptors (Lipinski definition) is 2. The third-order valence-electron chi connectivity index (χ3n) is 4.47. The van der Waals surface area contributed by atoms with Crippen molar-refractivity contribution in [2.45, 2.75) is 11.8 Å². The highest BCUT2D eigenvalue weighted by molar-refractivity contribution is 7.13. The minimum atomic E-state index is -0.562. The van der Waals surface area contributed by atoms with Gasteiger partial charge in [-0.3, -0.25) is 4.67 Å². The smallest absolute Gasteiger partial charge is 0.111 e. The minimum absolute atomic E-state index is 0.310. The molecule has 0 spiro atoms. The van der Waals surface area contributed by atoms with E-state index < -0.39 is 5.41 Å². The molecule has 0 aromatic heterocycles. The molecule has 0 N–H and O–H groups in total. The summed E-state index contributed by atoms with van der Waals surface area (Å²) in [6.45, 7) is 1.96. The highest BCUT2D eigenvalue weighted by atomic mass is 31.0. The van der Waals surface area contributed by atoms with Crippen LogP contribution < -0.4 is 0 Å². The first kappa shape index (κ1) is 14.3. The molecule has 2 aromatic carbocycles. The SMILES string of the molecule is N#CC(c1ccccc1)(c1ccccc1)C1CCN(P)C1. The summed E-state index contributed by atoms with van der Waals surface area (Å²) in [5, 5.41) is 10.2. The van der Waals surface area contributed by atoms with Gasteiger partial charge in [0.25, 0.3) is 0 Å². The maximum absolute atomic E-state index is 10.2. The van der Waals surface area contributed by atoms with Crippen LogP contribution in [-0.4, -0.2) is 17.8 Å². The monoisotopic (exact) mass is 294 g/mol. The number of rotatable bonds is 3. The van der Waals surface area contributed by atoms with Gasteiger partial charge in [0.05, 0.1) is 6.07 Å². The molecule has 0 bridgehead atoms. The molecular weight excluding hydrogens is 275 g/mol. The molecule has 0 amide bonds. The van der Waals surface area contributed by atoms with Crippen molar-refractivity contribution >= 4 is 9.39 Å². The van der Waals surface area contributed by atoms with Gasteiger partial charge in [-0.25, -0.2) is 0 Å². The topological polar surface area (TPSA) is 27.0 Å². The zero-order valence-corrected chi connectivity index (χ0v) is 13.1. The van der Waals surface area contributed by atoms with Gasteiger partial charge in [-0.15, -0.1) is 0 Å². The van der Waals surface area contributed by atoms with Gasteiger partial charge in [-0.2, -0.15) is 5.26 Å². The second-order valence-electron chi connectivity index (χ2n) is 5.63. The first-order valence-corrected chi connectivity index (χ1v) is 7.81. The summed E-state index contributed by atoms with van der Waals surface area (Å²) in [5.74, 6) is 0.310. The van der Waals surface area contributed by atoms with Gasteiger partial charge in [0.15, 0.2) is 0 Å². The average Bonchev–Trinajstić information content (AvgIpc) is 2.98. The number of nitrogens with zero attached hydrogens (tertiary/aromatic N) is 2. The number of nitriles is 1. The largest absolute Gasteiger partial charge is 0.287 e. The van der Waals surface area contributed by atoms with Crippen LogP contribution in [0.4, 0.5) is 0 Å². The molecule has 0 saturated carbocycles. The number of benzene rings is 2. The van der Waals surface area contributed by atoms with E-state index in [2.05, 4.69) is 44.4 Å². The average molecular weight is 294 g/mol. The molecule has 1 aliphatic heterocycles. The molecule has 1 heterocycles. The molecule has 3 heteroatoms. The molecule has 0 radical (unpaired) electrons. The normalized spacial score (nSPS) is 19.3. The molecule has 0 aliphatic carbocycles. The number of hydrogen-bond donors (Lipinski definition) is 0. The Bertz CT molecular complexity index is 594. The standard InChI is InChI=1S/C18H19N2P/c19-14-18(15-7-3-1-4-8-15,16-9-5-2-6-10-16)17-11-12-20(21)13-17/h1-10,17H,11-13,21H2. The van der Waals surface area contributed by atoms with E-state index in [9.17, 15) is 5.26 Å². The van der Waals surface area contributed by atoms with Crippen molar-refractivity contribution in [2.24, 2.45) is 5.92 Å². The van der Waals surface area contributed by atoms with Crippen molar-refractivity contribution in [1.82, 2.24) is 4.67 Å². The molecule has 1 aliphatic rings. The van der Waals surface area contributed by atoms with Crippen molar-refractivity contribution in [3.63, 3.8) is 0 Å². The van der Waals surface area contributed by atoms with Crippen LogP contribution in [0.3, 0.4) is 0 Å². The van der Waals surface area contributed by atoms with Crippen LogP contribution in [0.25, 0.3) is 0 Å². The van der Waals surface area contributed by atoms with Crippen molar-refractivity contribution in [3.05, 3.63) is 71.8 Å². The van der Waals surface area contributed by atoms with Crippen LogP contribution in [0.15, 0.2) is 60.7 Å². The van der Waals surface area contributed by atoms with E-state index in [1.165, 1.54) is 0 Å². The van der Waals surface area contributed by atoms with Crippen molar-refractivity contribution < 1.29 is 0 Å². The molecule has 1 saturated heterocycles. The summed E-state index contributed by atoms with van der Waals surface area (Å²) >= 11 is 0. The lowest BCUT2D eigenvalue weighted by Crippen LogP contribution is -2.36. The Hall–Kier alpha value is -1.68. The Balaban J connectivity index is 2.17. The summed E-state index contributed by atoms with van der Waals surface area (Å²) in [6.07, 6.45) is 1.04. The first-order valence-electron chi connectivity index (χ1n) is 7.29. The maximum Gasteiger partial charge on any atom is 0.111 e. The van der Waals surface area contributed by atoms with Crippen LogP contribution in [0.5, 0.6) is 0 Å². The molecule has 2 atom stereocenters. The second-order valence-corrected chi connectivity index (χ2v) is 6.36. The van der Waals surface area contributed by atoms with Crippen LogP contribution in [-0.2, 0) is 5.41 Å². The third-order valence-corrected chi connectivity index (χ3v) is 4.94. The summed E-state index contributed by atoms with van der Waals surface area (Å²) in [7, 11) is 2.77. The second kappa shape index (κ2) is 5.98. The Morgan fingerprint density at radius 1 is 1.00 bits per heavy atom. The Labute approximate surface area is 128 Å². The van der Waals surface area contributed by atoms with E-state index in [0.29, 0.717) is 5.92 Å². The van der Waals surface area contributed by atoms with Crippen molar-refractivity contribution in [3.8, 4) is 6.07 Å². The van der Waals surface area contributed by atoms with E-state index >= 15 is 0 Å². The van der Waals surface area contributed by atoms with Gasteiger partial charge in [0.2, 0.25) is 0 Å². The zero-order valence-electron chi connectivity index (χ0n) is 11.9. The van der Waals surface area contributed by atoms with Gasteiger partial charge >= 0.3 is 0 Å². The quantitative estimate of drug-likeness (QED) is 0.809. The maximum atomic E-state index is 10.2. The van der Waals surface area contributed by atoms with Crippen LogP contribution in [0.2, 0.25) is 0 Å². The van der Waals surface area contributed by atoms with Gasteiger partial charge in [0, 0.05) is 19.0 Å². The summed E-state index contributed by atoms with van der Waals surface area (Å²) in [6, 6.07) is 23.1. The van der Waals surface area contributed by atoms with Gasteiger partial charge in [-0.05, 0) is 17.5 Å². The van der Waals surface area contributed by atoms with E-state index in [1.807, 2.05) is 36.4 Å². The molecule has 2 nitrogen and oxygen atoms in total. The van der Waals surface area contributed by atoms with Gasteiger partial charge in [-0.1, -0.05) is 70.1 Å². The minimum Gasteiger partial charge on any atom is -0.287 e. The highest BCUT2D eigenvalue weighted by Crippen LogP contribution is 2.43. The highest BCUT2D eigenvalue weighted by Gasteiger charge is 2.44. The molecule has 2 aromatic rings. The fraction of sp³-hybridized carbons (Fsp3) is 0.278. The van der Waals surface area contributed by atoms with Crippen LogP contribution >= 0.6 is 9.39 Å². The van der Waals surface area contributed by atoms with Gasteiger partial charge in [0.1, 0.15) is 5.41 Å². The molecule has 2 unspecified atom stereocenters. The van der Waals surface area contributed by atoms with Crippen LogP contribution in [0, 0.1) is 17.2 Å². The predicted octanol–water partition coefficient (Wildman–Crippen LogP) is 3.61. The lowest BCUT2D eigenvalue weighted by atomic mass is 9.66. The fourth-order valence-electron chi connectivity index (χ4n) is 3.40.